The Morgan fingerprint density at radius 3 is 2.67 bits per heavy atom. The third kappa shape index (κ3) is 4.30. The molecule has 0 aliphatic rings. The number of carbonyl (C=O) groups is 1. The summed E-state index contributed by atoms with van der Waals surface area (Å²) in [6.45, 7) is 3.61. The SMILES string of the molecule is CCOC(=O)C(C)(COc1ccc([N+](=O)[O-])c(Cl)c1)NC. The molecule has 0 saturated carbocycles. The standard InChI is InChI=1S/C13H17ClN2O5/c1-4-20-12(17)13(2,15-3)8-21-9-5-6-11(16(18)19)10(14)7-9/h5-7,15H,4,8H2,1-3H3. The summed E-state index contributed by atoms with van der Waals surface area (Å²) in [4.78, 5) is 21.9. The van der Waals surface area contributed by atoms with Crippen molar-refractivity contribution in [3.8, 4) is 5.75 Å². The lowest BCUT2D eigenvalue weighted by Gasteiger charge is -2.26. The Morgan fingerprint density at radius 2 is 2.19 bits per heavy atom. The summed E-state index contributed by atoms with van der Waals surface area (Å²) < 4.78 is 10.4. The molecular weight excluding hydrogens is 300 g/mol. The Kier molecular flexibility index (Phi) is 5.92. The van der Waals surface area contributed by atoms with E-state index in [1.807, 2.05) is 0 Å². The number of esters is 1. The molecule has 0 aliphatic heterocycles. The van der Waals surface area contributed by atoms with E-state index in [9.17, 15) is 14.9 Å². The lowest BCUT2D eigenvalue weighted by molar-refractivity contribution is -0.384. The van der Waals surface area contributed by atoms with Gasteiger partial charge in [0, 0.05) is 12.1 Å². The topological polar surface area (TPSA) is 90.7 Å². The maximum Gasteiger partial charge on any atom is 0.329 e. The highest BCUT2D eigenvalue weighted by atomic mass is 35.5. The Morgan fingerprint density at radius 1 is 1.52 bits per heavy atom. The van der Waals surface area contributed by atoms with Crippen LogP contribution in [0.2, 0.25) is 5.02 Å². The van der Waals surface area contributed by atoms with Crippen LogP contribution in [0.25, 0.3) is 0 Å². The number of nitrogens with zero attached hydrogens (tertiary/aromatic N) is 1. The molecule has 1 rings (SSSR count). The van der Waals surface area contributed by atoms with Crippen molar-refractivity contribution in [2.45, 2.75) is 19.4 Å². The summed E-state index contributed by atoms with van der Waals surface area (Å²) in [7, 11) is 1.61. The number of carbonyl (C=O) groups excluding carboxylic acids is 1. The smallest absolute Gasteiger partial charge is 0.329 e. The second-order valence-corrected chi connectivity index (χ2v) is 4.87. The van der Waals surface area contributed by atoms with Crippen molar-refractivity contribution in [1.82, 2.24) is 5.32 Å². The van der Waals surface area contributed by atoms with Crippen LogP contribution in [0.4, 0.5) is 5.69 Å². The zero-order chi connectivity index (χ0) is 16.0. The quantitative estimate of drug-likeness (QED) is 0.471. The summed E-state index contributed by atoms with van der Waals surface area (Å²) in [6.07, 6.45) is 0. The Labute approximate surface area is 127 Å². The first-order valence-corrected chi connectivity index (χ1v) is 6.64. The van der Waals surface area contributed by atoms with Gasteiger partial charge in [-0.1, -0.05) is 11.6 Å². The van der Waals surface area contributed by atoms with Gasteiger partial charge >= 0.3 is 5.97 Å². The van der Waals surface area contributed by atoms with E-state index in [0.717, 1.165) is 0 Å². The molecule has 0 fully saturated rings. The van der Waals surface area contributed by atoms with E-state index >= 15 is 0 Å². The highest BCUT2D eigenvalue weighted by Crippen LogP contribution is 2.28. The molecule has 0 saturated heterocycles. The lowest BCUT2D eigenvalue weighted by Crippen LogP contribution is -2.53. The van der Waals surface area contributed by atoms with E-state index in [2.05, 4.69) is 5.32 Å². The summed E-state index contributed by atoms with van der Waals surface area (Å²) in [5, 5.41) is 13.5. The van der Waals surface area contributed by atoms with Crippen molar-refractivity contribution < 1.29 is 19.2 Å². The van der Waals surface area contributed by atoms with Crippen LogP contribution in [-0.2, 0) is 9.53 Å². The fraction of sp³-hybridized carbons (Fsp3) is 0.462. The number of nitro groups is 1. The first-order valence-electron chi connectivity index (χ1n) is 6.27. The van der Waals surface area contributed by atoms with Gasteiger partial charge in [0.05, 0.1) is 11.5 Å². The van der Waals surface area contributed by atoms with Gasteiger partial charge in [0.25, 0.3) is 5.69 Å². The Bertz CT molecular complexity index is 537. The average Bonchev–Trinajstić information content (AvgIpc) is 2.44. The predicted octanol–water partition coefficient (Wildman–Crippen LogP) is 2.17. The van der Waals surface area contributed by atoms with Crippen molar-refractivity contribution in [1.29, 1.82) is 0 Å². The van der Waals surface area contributed by atoms with Crippen LogP contribution in [-0.4, -0.2) is 36.7 Å². The summed E-state index contributed by atoms with van der Waals surface area (Å²) in [5.74, 6) is -0.114. The maximum absolute atomic E-state index is 11.8. The molecule has 0 bridgehead atoms. The minimum Gasteiger partial charge on any atom is -0.491 e. The molecule has 1 atom stereocenters. The number of hydrogen-bond donors (Lipinski definition) is 1. The number of benzene rings is 1. The van der Waals surface area contributed by atoms with Gasteiger partial charge in [-0.25, -0.2) is 4.79 Å². The van der Waals surface area contributed by atoms with E-state index in [1.165, 1.54) is 18.2 Å². The van der Waals surface area contributed by atoms with Gasteiger partial charge in [-0.3, -0.25) is 10.1 Å². The number of ether oxygens (including phenoxy) is 2. The van der Waals surface area contributed by atoms with Gasteiger partial charge < -0.3 is 14.8 Å². The second kappa shape index (κ2) is 7.24. The normalized spacial score (nSPS) is 13.3. The maximum atomic E-state index is 11.8. The molecule has 1 aromatic carbocycles. The molecule has 1 N–H and O–H groups in total. The molecule has 0 spiro atoms. The highest BCUT2D eigenvalue weighted by molar-refractivity contribution is 6.32. The van der Waals surface area contributed by atoms with Crippen LogP contribution in [0.15, 0.2) is 18.2 Å². The van der Waals surface area contributed by atoms with Crippen LogP contribution in [0.1, 0.15) is 13.8 Å². The predicted molar refractivity (Wildman–Crippen MR) is 77.7 cm³/mol. The Balaban J connectivity index is 2.80. The number of likely N-dealkylation sites (N-methyl/N-ethyl adjacent to an activating group) is 1. The van der Waals surface area contributed by atoms with Gasteiger partial charge in [0.1, 0.15) is 22.9 Å². The van der Waals surface area contributed by atoms with Crippen molar-refractivity contribution in [2.24, 2.45) is 0 Å². The molecule has 1 aromatic rings. The zero-order valence-electron chi connectivity index (χ0n) is 12.0. The van der Waals surface area contributed by atoms with E-state index in [-0.39, 0.29) is 23.9 Å². The molecule has 0 heterocycles. The molecular formula is C13H17ClN2O5. The highest BCUT2D eigenvalue weighted by Gasteiger charge is 2.34. The second-order valence-electron chi connectivity index (χ2n) is 4.46. The van der Waals surface area contributed by atoms with Crippen LogP contribution >= 0.6 is 11.6 Å². The summed E-state index contributed by atoms with van der Waals surface area (Å²) in [5.41, 5.74) is -1.23. The van der Waals surface area contributed by atoms with Gasteiger partial charge in [-0.15, -0.1) is 0 Å². The molecule has 0 radical (unpaired) electrons. The van der Waals surface area contributed by atoms with E-state index in [4.69, 9.17) is 21.1 Å². The van der Waals surface area contributed by atoms with Crippen LogP contribution in [0.3, 0.4) is 0 Å². The minimum atomic E-state index is -1.02. The number of halogens is 1. The lowest BCUT2D eigenvalue weighted by atomic mass is 10.1. The molecule has 0 amide bonds. The van der Waals surface area contributed by atoms with Gasteiger partial charge in [0.15, 0.2) is 0 Å². The third-order valence-electron chi connectivity index (χ3n) is 2.92. The van der Waals surface area contributed by atoms with Crippen LogP contribution < -0.4 is 10.1 Å². The van der Waals surface area contributed by atoms with Crippen molar-refractivity contribution >= 4 is 23.3 Å². The van der Waals surface area contributed by atoms with Crippen molar-refractivity contribution in [2.75, 3.05) is 20.3 Å². The van der Waals surface area contributed by atoms with Gasteiger partial charge in [-0.2, -0.15) is 0 Å². The van der Waals surface area contributed by atoms with Gasteiger partial charge in [-0.05, 0) is 27.0 Å². The molecule has 0 aliphatic carbocycles. The third-order valence-corrected chi connectivity index (χ3v) is 3.22. The summed E-state index contributed by atoms with van der Waals surface area (Å²) in [6, 6.07) is 4.00. The number of nitrogens with one attached hydrogen (secondary N) is 1. The van der Waals surface area contributed by atoms with E-state index in [1.54, 1.807) is 20.9 Å². The molecule has 21 heavy (non-hydrogen) atoms. The number of nitro benzene ring substituents is 1. The molecule has 0 aromatic heterocycles. The summed E-state index contributed by atoms with van der Waals surface area (Å²) >= 11 is 5.79. The van der Waals surface area contributed by atoms with Crippen LogP contribution in [0.5, 0.6) is 5.75 Å². The van der Waals surface area contributed by atoms with Crippen molar-refractivity contribution in [3.05, 3.63) is 33.3 Å². The molecule has 116 valence electrons. The zero-order valence-corrected chi connectivity index (χ0v) is 12.8. The Hall–Kier alpha value is -1.86. The fourth-order valence-electron chi connectivity index (χ4n) is 1.48. The minimum absolute atomic E-state index is 0.00350. The van der Waals surface area contributed by atoms with E-state index < -0.39 is 16.4 Å². The van der Waals surface area contributed by atoms with Crippen LogP contribution in [0, 0.1) is 10.1 Å². The number of hydrogen-bond acceptors (Lipinski definition) is 6. The first-order chi connectivity index (χ1) is 9.84. The van der Waals surface area contributed by atoms with E-state index in [0.29, 0.717) is 5.75 Å². The fourth-order valence-corrected chi connectivity index (χ4v) is 1.72. The first kappa shape index (κ1) is 17.2. The van der Waals surface area contributed by atoms with Gasteiger partial charge in [0.2, 0.25) is 0 Å². The monoisotopic (exact) mass is 316 g/mol. The largest absolute Gasteiger partial charge is 0.491 e. The van der Waals surface area contributed by atoms with Crippen molar-refractivity contribution in [3.63, 3.8) is 0 Å². The molecule has 1 unspecified atom stereocenters. The molecule has 8 heteroatoms. The molecule has 7 nitrogen and oxygen atoms in total. The average molecular weight is 317 g/mol. The number of rotatable bonds is 7.